The van der Waals surface area contributed by atoms with Crippen LogP contribution in [0.25, 0.3) is 0 Å². The van der Waals surface area contributed by atoms with Crippen LogP contribution in [0.1, 0.15) is 26.2 Å². The summed E-state index contributed by atoms with van der Waals surface area (Å²) in [5.74, 6) is 7.58. The van der Waals surface area contributed by atoms with Crippen molar-refractivity contribution in [3.8, 4) is 5.75 Å². The van der Waals surface area contributed by atoms with Gasteiger partial charge in [0.25, 0.3) is 0 Å². The van der Waals surface area contributed by atoms with Gasteiger partial charge in [-0.1, -0.05) is 31.9 Å². The predicted molar refractivity (Wildman–Crippen MR) is 72.2 cm³/mol. The number of nitrogens with one attached hydrogen (secondary N) is 1. The van der Waals surface area contributed by atoms with Gasteiger partial charge < -0.3 is 4.74 Å². The van der Waals surface area contributed by atoms with Crippen LogP contribution in [-0.2, 0) is 0 Å². The molecule has 0 aliphatic carbocycles. The third kappa shape index (κ3) is 3.15. The third-order valence-corrected chi connectivity index (χ3v) is 4.21. The van der Waals surface area contributed by atoms with Crippen molar-refractivity contribution in [3.05, 3.63) is 24.3 Å². The van der Waals surface area contributed by atoms with Crippen molar-refractivity contribution in [3.63, 3.8) is 0 Å². The Bertz CT molecular complexity index is 359. The summed E-state index contributed by atoms with van der Waals surface area (Å²) in [6, 6.07) is 8.44. The number of rotatable bonds is 5. The van der Waals surface area contributed by atoms with Gasteiger partial charge in [-0.05, 0) is 18.6 Å². The minimum atomic E-state index is 0.173. The number of hydrogen-bond donors (Lipinski definition) is 2. The molecule has 0 radical (unpaired) electrons. The van der Waals surface area contributed by atoms with Crippen molar-refractivity contribution < 1.29 is 4.74 Å². The Kier molecular flexibility index (Phi) is 4.71. The van der Waals surface area contributed by atoms with Crippen LogP contribution in [-0.4, -0.2) is 17.9 Å². The number of ether oxygens (including phenoxy) is 1. The molecule has 1 aliphatic rings. The topological polar surface area (TPSA) is 47.3 Å². The van der Waals surface area contributed by atoms with Crippen LogP contribution in [0.3, 0.4) is 0 Å². The van der Waals surface area contributed by atoms with Crippen molar-refractivity contribution in [1.82, 2.24) is 5.43 Å². The highest BCUT2D eigenvalue weighted by molar-refractivity contribution is 7.99. The first-order chi connectivity index (χ1) is 8.35. The minimum absolute atomic E-state index is 0.173. The summed E-state index contributed by atoms with van der Waals surface area (Å²) in [4.78, 5) is 1.23. The van der Waals surface area contributed by atoms with Crippen LogP contribution in [0.4, 0.5) is 0 Å². The normalized spacial score (nSPS) is 20.5. The summed E-state index contributed by atoms with van der Waals surface area (Å²) in [7, 11) is 0. The van der Waals surface area contributed by atoms with Crippen LogP contribution in [0.15, 0.2) is 29.2 Å². The van der Waals surface area contributed by atoms with Gasteiger partial charge in [-0.2, -0.15) is 0 Å². The fourth-order valence-corrected chi connectivity index (χ4v) is 3.11. The molecule has 0 fully saturated rings. The number of para-hydroxylation sites is 1. The van der Waals surface area contributed by atoms with Gasteiger partial charge in [0.2, 0.25) is 0 Å². The molecule has 3 N–H and O–H groups in total. The molecular weight excluding hydrogens is 232 g/mol. The van der Waals surface area contributed by atoms with Gasteiger partial charge in [0, 0.05) is 10.6 Å². The zero-order valence-electron chi connectivity index (χ0n) is 10.2. The van der Waals surface area contributed by atoms with E-state index in [-0.39, 0.29) is 12.1 Å². The molecule has 4 heteroatoms. The summed E-state index contributed by atoms with van der Waals surface area (Å²) in [6.07, 6.45) is 3.61. The smallest absolute Gasteiger partial charge is 0.133 e. The Balaban J connectivity index is 2.00. The van der Waals surface area contributed by atoms with Gasteiger partial charge in [0.1, 0.15) is 11.9 Å². The van der Waals surface area contributed by atoms with Crippen molar-refractivity contribution in [2.75, 3.05) is 5.75 Å². The number of hydrazine groups is 1. The Morgan fingerprint density at radius 2 is 2.35 bits per heavy atom. The predicted octanol–water partition coefficient (Wildman–Crippen LogP) is 2.56. The number of nitrogens with two attached hydrogens (primary N) is 1. The fourth-order valence-electron chi connectivity index (χ4n) is 2.03. The first kappa shape index (κ1) is 12.7. The van der Waals surface area contributed by atoms with Gasteiger partial charge in [-0.25, -0.2) is 0 Å². The Labute approximate surface area is 107 Å². The second-order valence-corrected chi connectivity index (χ2v) is 5.39. The highest BCUT2D eigenvalue weighted by Gasteiger charge is 2.26. The van der Waals surface area contributed by atoms with E-state index in [0.717, 1.165) is 17.9 Å². The molecule has 1 aliphatic heterocycles. The second kappa shape index (κ2) is 6.28. The highest BCUT2D eigenvalue weighted by Crippen LogP contribution is 2.36. The monoisotopic (exact) mass is 252 g/mol. The summed E-state index contributed by atoms with van der Waals surface area (Å²) >= 11 is 1.85. The van der Waals surface area contributed by atoms with E-state index < -0.39 is 0 Å². The van der Waals surface area contributed by atoms with E-state index in [2.05, 4.69) is 18.4 Å². The van der Waals surface area contributed by atoms with E-state index in [1.54, 1.807) is 0 Å². The molecule has 94 valence electrons. The number of benzene rings is 1. The summed E-state index contributed by atoms with van der Waals surface area (Å²) in [5.41, 5.74) is 2.90. The molecule has 0 spiro atoms. The molecule has 2 rings (SSSR count). The zero-order valence-corrected chi connectivity index (χ0v) is 11.0. The molecule has 0 saturated carbocycles. The van der Waals surface area contributed by atoms with E-state index >= 15 is 0 Å². The van der Waals surface area contributed by atoms with Crippen molar-refractivity contribution in [2.24, 2.45) is 5.84 Å². The van der Waals surface area contributed by atoms with Crippen LogP contribution in [0.5, 0.6) is 5.75 Å². The zero-order chi connectivity index (χ0) is 12.1. The summed E-state index contributed by atoms with van der Waals surface area (Å²) < 4.78 is 6.02. The molecule has 2 unspecified atom stereocenters. The summed E-state index contributed by atoms with van der Waals surface area (Å²) in [5, 5.41) is 0. The number of thioether (sulfide) groups is 1. The first-order valence-electron chi connectivity index (χ1n) is 6.19. The van der Waals surface area contributed by atoms with E-state index in [0.29, 0.717) is 0 Å². The molecule has 0 amide bonds. The lowest BCUT2D eigenvalue weighted by molar-refractivity contribution is 0.159. The van der Waals surface area contributed by atoms with E-state index in [1.165, 1.54) is 17.7 Å². The van der Waals surface area contributed by atoms with Crippen LogP contribution < -0.4 is 16.0 Å². The summed E-state index contributed by atoms with van der Waals surface area (Å²) in [6.45, 7) is 2.19. The third-order valence-electron chi connectivity index (χ3n) is 3.06. The van der Waals surface area contributed by atoms with Gasteiger partial charge in [0.05, 0.1) is 6.04 Å². The molecule has 1 aromatic carbocycles. The largest absolute Gasteiger partial charge is 0.487 e. The first-order valence-corrected chi connectivity index (χ1v) is 7.18. The molecule has 1 heterocycles. The van der Waals surface area contributed by atoms with Gasteiger partial charge >= 0.3 is 0 Å². The lowest BCUT2D eigenvalue weighted by atomic mass is 10.1. The lowest BCUT2D eigenvalue weighted by Crippen LogP contribution is -2.48. The van der Waals surface area contributed by atoms with Gasteiger partial charge in [-0.3, -0.25) is 11.3 Å². The molecule has 3 nitrogen and oxygen atoms in total. The van der Waals surface area contributed by atoms with Crippen molar-refractivity contribution in [1.29, 1.82) is 0 Å². The molecular formula is C13H20N2OS. The van der Waals surface area contributed by atoms with Crippen LogP contribution >= 0.6 is 11.8 Å². The Morgan fingerprint density at radius 1 is 1.53 bits per heavy atom. The van der Waals surface area contributed by atoms with E-state index in [9.17, 15) is 0 Å². The number of fused-ring (bicyclic) bond motifs is 1. The SMILES string of the molecule is CCCCC(NN)C1CSc2ccccc2O1. The van der Waals surface area contributed by atoms with Crippen molar-refractivity contribution in [2.45, 2.75) is 43.2 Å². The maximum Gasteiger partial charge on any atom is 0.133 e. The maximum absolute atomic E-state index is 6.02. The standard InChI is InChI=1S/C13H20N2OS/c1-2-3-6-10(15-14)12-9-17-13-8-5-4-7-11(13)16-12/h4-5,7-8,10,12,15H,2-3,6,9,14H2,1H3. The van der Waals surface area contributed by atoms with Crippen molar-refractivity contribution >= 4 is 11.8 Å². The number of unbranched alkanes of at least 4 members (excludes halogenated alkanes) is 1. The minimum Gasteiger partial charge on any atom is -0.487 e. The molecule has 0 saturated heterocycles. The molecule has 1 aromatic rings. The Hall–Kier alpha value is -0.710. The molecule has 17 heavy (non-hydrogen) atoms. The van der Waals surface area contributed by atoms with Gasteiger partial charge in [-0.15, -0.1) is 11.8 Å². The highest BCUT2D eigenvalue weighted by atomic mass is 32.2. The fraction of sp³-hybridized carbons (Fsp3) is 0.538. The quantitative estimate of drug-likeness (QED) is 0.624. The average Bonchev–Trinajstić information content (AvgIpc) is 2.39. The maximum atomic E-state index is 6.02. The van der Waals surface area contributed by atoms with Gasteiger partial charge in [0.15, 0.2) is 0 Å². The molecule has 0 bridgehead atoms. The Morgan fingerprint density at radius 3 is 3.12 bits per heavy atom. The lowest BCUT2D eigenvalue weighted by Gasteiger charge is -2.31. The molecule has 2 atom stereocenters. The average molecular weight is 252 g/mol. The van der Waals surface area contributed by atoms with E-state index in [4.69, 9.17) is 10.6 Å². The number of hydrogen-bond acceptors (Lipinski definition) is 4. The van der Waals surface area contributed by atoms with Crippen LogP contribution in [0.2, 0.25) is 0 Å². The molecule has 0 aromatic heterocycles. The van der Waals surface area contributed by atoms with Crippen LogP contribution in [0, 0.1) is 0 Å². The second-order valence-electron chi connectivity index (χ2n) is 4.33. The van der Waals surface area contributed by atoms with E-state index in [1.807, 2.05) is 30.0 Å².